The van der Waals surface area contributed by atoms with E-state index in [1.165, 1.54) is 0 Å². The minimum atomic E-state index is -0.388. The molecule has 0 aliphatic heterocycles. The topological polar surface area (TPSA) is 38.3 Å². The summed E-state index contributed by atoms with van der Waals surface area (Å²) in [5, 5.41) is 3.35. The van der Waals surface area contributed by atoms with Crippen LogP contribution in [0.1, 0.15) is 16.7 Å². The summed E-state index contributed by atoms with van der Waals surface area (Å²) in [5.74, 6) is -0.228. The summed E-state index contributed by atoms with van der Waals surface area (Å²) in [5.41, 5.74) is 3.23. The highest BCUT2D eigenvalue weighted by Crippen LogP contribution is 2.08. The Balaban J connectivity index is 1.63. The van der Waals surface area contributed by atoms with Gasteiger partial charge in [-0.2, -0.15) is 0 Å². The summed E-state index contributed by atoms with van der Waals surface area (Å²) >= 11 is 0. The SMILES string of the molecule is O=C(OCc1ccccc1)[C@H](Cc1ccccc1)NCc1ccccc1. The molecular weight excluding hydrogens is 322 g/mol. The first kappa shape index (κ1) is 17.9. The number of rotatable bonds is 8. The van der Waals surface area contributed by atoms with Crippen molar-refractivity contribution in [3.05, 3.63) is 108 Å². The zero-order valence-electron chi connectivity index (χ0n) is 14.7. The minimum absolute atomic E-state index is 0.228. The number of carbonyl (C=O) groups excluding carboxylic acids is 1. The van der Waals surface area contributed by atoms with Crippen LogP contribution in [0.25, 0.3) is 0 Å². The molecule has 0 spiro atoms. The van der Waals surface area contributed by atoms with Gasteiger partial charge in [0.15, 0.2) is 0 Å². The van der Waals surface area contributed by atoms with Crippen LogP contribution in [-0.4, -0.2) is 12.0 Å². The van der Waals surface area contributed by atoms with Gasteiger partial charge in [-0.15, -0.1) is 0 Å². The van der Waals surface area contributed by atoms with Crippen molar-refractivity contribution in [2.45, 2.75) is 25.6 Å². The van der Waals surface area contributed by atoms with Gasteiger partial charge in [0.05, 0.1) is 0 Å². The first-order valence-corrected chi connectivity index (χ1v) is 8.83. The van der Waals surface area contributed by atoms with Crippen LogP contribution in [0.3, 0.4) is 0 Å². The average molecular weight is 345 g/mol. The van der Waals surface area contributed by atoms with E-state index in [-0.39, 0.29) is 18.6 Å². The molecule has 132 valence electrons. The van der Waals surface area contributed by atoms with Crippen LogP contribution in [0.5, 0.6) is 0 Å². The third-order valence-electron chi connectivity index (χ3n) is 4.19. The summed E-state index contributed by atoms with van der Waals surface area (Å²) in [6, 6.07) is 29.4. The molecule has 0 saturated carbocycles. The van der Waals surface area contributed by atoms with E-state index in [0.717, 1.165) is 16.7 Å². The number of hydrogen-bond donors (Lipinski definition) is 1. The van der Waals surface area contributed by atoms with Gasteiger partial charge in [-0.3, -0.25) is 4.79 Å². The number of hydrogen-bond acceptors (Lipinski definition) is 3. The standard InChI is InChI=1S/C23H23NO2/c25-23(26-18-21-14-8-3-9-15-21)22(16-19-10-4-1-5-11-19)24-17-20-12-6-2-7-13-20/h1-15,22,24H,16-18H2/t22-/m0/s1. The maximum absolute atomic E-state index is 12.7. The van der Waals surface area contributed by atoms with Crippen LogP contribution in [0.4, 0.5) is 0 Å². The molecular formula is C23H23NO2. The molecule has 3 nitrogen and oxygen atoms in total. The van der Waals surface area contributed by atoms with Crippen LogP contribution in [0.15, 0.2) is 91.0 Å². The lowest BCUT2D eigenvalue weighted by molar-refractivity contribution is -0.147. The molecule has 1 N–H and O–H groups in total. The maximum Gasteiger partial charge on any atom is 0.323 e. The van der Waals surface area contributed by atoms with Crippen molar-refractivity contribution >= 4 is 5.97 Å². The lowest BCUT2D eigenvalue weighted by Gasteiger charge is -2.18. The molecule has 0 fully saturated rings. The summed E-state index contributed by atoms with van der Waals surface area (Å²) in [6.07, 6.45) is 0.599. The monoisotopic (exact) mass is 345 g/mol. The van der Waals surface area contributed by atoms with Crippen molar-refractivity contribution in [1.29, 1.82) is 0 Å². The van der Waals surface area contributed by atoms with Gasteiger partial charge in [-0.25, -0.2) is 0 Å². The van der Waals surface area contributed by atoms with E-state index in [1.54, 1.807) is 0 Å². The molecule has 0 aliphatic carbocycles. The maximum atomic E-state index is 12.7. The van der Waals surface area contributed by atoms with Crippen LogP contribution < -0.4 is 5.32 Å². The molecule has 3 rings (SSSR count). The summed E-state index contributed by atoms with van der Waals surface area (Å²) in [7, 11) is 0. The van der Waals surface area contributed by atoms with Gasteiger partial charge in [0.2, 0.25) is 0 Å². The number of ether oxygens (including phenoxy) is 1. The van der Waals surface area contributed by atoms with Crippen molar-refractivity contribution in [2.75, 3.05) is 0 Å². The molecule has 3 heteroatoms. The molecule has 0 bridgehead atoms. The minimum Gasteiger partial charge on any atom is -0.460 e. The van der Waals surface area contributed by atoms with Crippen LogP contribution in [0.2, 0.25) is 0 Å². The second-order valence-electron chi connectivity index (χ2n) is 6.20. The fourth-order valence-corrected chi connectivity index (χ4v) is 2.75. The van der Waals surface area contributed by atoms with E-state index in [1.807, 2.05) is 91.0 Å². The molecule has 0 saturated heterocycles. The third kappa shape index (κ3) is 5.57. The normalized spacial score (nSPS) is 11.7. The van der Waals surface area contributed by atoms with Gasteiger partial charge in [0, 0.05) is 6.54 Å². The lowest BCUT2D eigenvalue weighted by Crippen LogP contribution is -2.39. The Bertz CT molecular complexity index is 788. The highest BCUT2D eigenvalue weighted by atomic mass is 16.5. The van der Waals surface area contributed by atoms with Gasteiger partial charge >= 0.3 is 5.97 Å². The van der Waals surface area contributed by atoms with E-state index < -0.39 is 0 Å². The van der Waals surface area contributed by atoms with Crippen LogP contribution >= 0.6 is 0 Å². The zero-order chi connectivity index (χ0) is 18.0. The fourth-order valence-electron chi connectivity index (χ4n) is 2.75. The van der Waals surface area contributed by atoms with Gasteiger partial charge in [-0.05, 0) is 23.1 Å². The molecule has 26 heavy (non-hydrogen) atoms. The highest BCUT2D eigenvalue weighted by Gasteiger charge is 2.20. The van der Waals surface area contributed by atoms with E-state index in [4.69, 9.17) is 4.74 Å². The Hall–Kier alpha value is -2.91. The van der Waals surface area contributed by atoms with Gasteiger partial charge in [-0.1, -0.05) is 91.0 Å². The molecule has 0 aliphatic rings. The second-order valence-corrected chi connectivity index (χ2v) is 6.20. The number of benzene rings is 3. The van der Waals surface area contributed by atoms with E-state index in [2.05, 4.69) is 5.32 Å². The predicted molar refractivity (Wildman–Crippen MR) is 103 cm³/mol. The van der Waals surface area contributed by atoms with E-state index in [0.29, 0.717) is 13.0 Å². The van der Waals surface area contributed by atoms with E-state index >= 15 is 0 Å². The quantitative estimate of drug-likeness (QED) is 0.624. The second kappa shape index (κ2) is 9.54. The summed E-state index contributed by atoms with van der Waals surface area (Å²) < 4.78 is 5.55. The van der Waals surface area contributed by atoms with Crippen LogP contribution in [0, 0.1) is 0 Å². The van der Waals surface area contributed by atoms with Gasteiger partial charge in [0.25, 0.3) is 0 Å². The van der Waals surface area contributed by atoms with Crippen LogP contribution in [-0.2, 0) is 29.1 Å². The molecule has 1 atom stereocenters. The number of esters is 1. The Morgan fingerprint density at radius 3 is 1.81 bits per heavy atom. The fraction of sp³-hybridized carbons (Fsp3) is 0.174. The van der Waals surface area contributed by atoms with Crippen molar-refractivity contribution in [1.82, 2.24) is 5.32 Å². The number of carbonyl (C=O) groups is 1. The molecule has 0 radical (unpaired) electrons. The first-order valence-electron chi connectivity index (χ1n) is 8.83. The summed E-state index contributed by atoms with van der Waals surface area (Å²) in [6.45, 7) is 0.913. The highest BCUT2D eigenvalue weighted by molar-refractivity contribution is 5.76. The first-order chi connectivity index (χ1) is 12.8. The molecule has 0 unspecified atom stereocenters. The van der Waals surface area contributed by atoms with Crippen molar-refractivity contribution < 1.29 is 9.53 Å². The summed E-state index contributed by atoms with van der Waals surface area (Å²) in [4.78, 5) is 12.7. The molecule has 0 heterocycles. The lowest BCUT2D eigenvalue weighted by atomic mass is 10.1. The Morgan fingerprint density at radius 2 is 1.23 bits per heavy atom. The molecule has 0 aromatic heterocycles. The molecule has 0 amide bonds. The van der Waals surface area contributed by atoms with Gasteiger partial charge < -0.3 is 10.1 Å². The Morgan fingerprint density at radius 1 is 0.731 bits per heavy atom. The van der Waals surface area contributed by atoms with Crippen molar-refractivity contribution in [2.24, 2.45) is 0 Å². The van der Waals surface area contributed by atoms with Gasteiger partial charge in [0.1, 0.15) is 12.6 Å². The van der Waals surface area contributed by atoms with Crippen molar-refractivity contribution in [3.8, 4) is 0 Å². The predicted octanol–water partition coefficient (Wildman–Crippen LogP) is 4.13. The largest absolute Gasteiger partial charge is 0.460 e. The smallest absolute Gasteiger partial charge is 0.323 e. The molecule has 3 aromatic rings. The van der Waals surface area contributed by atoms with E-state index in [9.17, 15) is 4.79 Å². The Labute approximate surface area is 154 Å². The van der Waals surface area contributed by atoms with Crippen molar-refractivity contribution in [3.63, 3.8) is 0 Å². The third-order valence-corrected chi connectivity index (χ3v) is 4.19. The Kier molecular flexibility index (Phi) is 6.57. The average Bonchev–Trinajstić information content (AvgIpc) is 2.71. The molecule has 3 aromatic carbocycles. The number of nitrogens with one attached hydrogen (secondary N) is 1. The zero-order valence-corrected chi connectivity index (χ0v) is 14.7.